The Hall–Kier alpha value is -4.10. The van der Waals surface area contributed by atoms with Crippen molar-refractivity contribution in [2.75, 3.05) is 6.61 Å². The molecule has 31 heavy (non-hydrogen) atoms. The number of nitrogens with one attached hydrogen (secondary N) is 1. The van der Waals surface area contributed by atoms with Crippen LogP contribution in [0.25, 0.3) is 23.0 Å². The fourth-order valence-electron chi connectivity index (χ4n) is 2.64. The lowest BCUT2D eigenvalue weighted by molar-refractivity contribution is -0.137. The zero-order valence-electron chi connectivity index (χ0n) is 15.6. The number of H-pyrrole nitrogens is 1. The molecule has 7 nitrogen and oxygen atoms in total. The van der Waals surface area contributed by atoms with Crippen molar-refractivity contribution in [1.82, 2.24) is 20.3 Å². The third-order valence-electron chi connectivity index (χ3n) is 4.10. The average molecular weight is 426 g/mol. The zero-order valence-corrected chi connectivity index (χ0v) is 15.6. The van der Waals surface area contributed by atoms with Crippen LogP contribution in [0.2, 0.25) is 0 Å². The molecule has 0 unspecified atom stereocenters. The van der Waals surface area contributed by atoms with Gasteiger partial charge in [-0.15, -0.1) is 0 Å². The van der Waals surface area contributed by atoms with Crippen LogP contribution in [-0.2, 0) is 6.18 Å². The predicted octanol–water partition coefficient (Wildman–Crippen LogP) is 4.28. The van der Waals surface area contributed by atoms with Crippen molar-refractivity contribution in [3.05, 3.63) is 65.9 Å². The Morgan fingerprint density at radius 1 is 1.03 bits per heavy atom. The molecule has 0 aliphatic rings. The molecule has 0 saturated heterocycles. The Balaban J connectivity index is 1.49. The lowest BCUT2D eigenvalue weighted by Gasteiger charge is -2.09. The van der Waals surface area contributed by atoms with Crippen LogP contribution < -0.4 is 4.74 Å². The van der Waals surface area contributed by atoms with E-state index < -0.39 is 11.7 Å². The van der Waals surface area contributed by atoms with Gasteiger partial charge in [0.25, 0.3) is 5.89 Å². The van der Waals surface area contributed by atoms with Gasteiger partial charge in [0.05, 0.1) is 11.1 Å². The minimum absolute atomic E-state index is 0.156. The number of halogens is 3. The molecule has 0 aliphatic heterocycles. The number of hydrogen-bond donors (Lipinski definition) is 2. The molecule has 2 N–H and O–H groups in total. The van der Waals surface area contributed by atoms with E-state index in [0.717, 1.165) is 12.1 Å². The maximum Gasteiger partial charge on any atom is 0.416 e. The molecule has 10 heteroatoms. The number of alkyl halides is 3. The van der Waals surface area contributed by atoms with E-state index >= 15 is 0 Å². The summed E-state index contributed by atoms with van der Waals surface area (Å²) in [6, 6.07) is 11.1. The second-order valence-electron chi connectivity index (χ2n) is 6.18. The topological polar surface area (TPSA) is 97.1 Å². The summed E-state index contributed by atoms with van der Waals surface area (Å²) in [5.41, 5.74) is 0.755. The summed E-state index contributed by atoms with van der Waals surface area (Å²) in [4.78, 5) is 4.30. The number of aliphatic hydroxyl groups excluding tert-OH is 1. The Labute approximate surface area is 173 Å². The number of benzene rings is 2. The third kappa shape index (κ3) is 4.57. The predicted molar refractivity (Wildman–Crippen MR) is 103 cm³/mol. The largest absolute Gasteiger partial charge is 0.457 e. The molecule has 156 valence electrons. The van der Waals surface area contributed by atoms with Gasteiger partial charge >= 0.3 is 6.18 Å². The van der Waals surface area contributed by atoms with Gasteiger partial charge in [0.1, 0.15) is 18.1 Å². The molecule has 0 saturated carbocycles. The molecule has 0 fully saturated rings. The Bertz CT molecular complexity index is 1230. The molecule has 4 rings (SSSR count). The van der Waals surface area contributed by atoms with E-state index in [9.17, 15) is 13.2 Å². The number of aromatic amines is 1. The minimum atomic E-state index is -4.40. The highest BCUT2D eigenvalue weighted by Crippen LogP contribution is 2.32. The third-order valence-corrected chi connectivity index (χ3v) is 4.10. The van der Waals surface area contributed by atoms with Gasteiger partial charge in [-0.25, -0.2) is 0 Å². The number of nitrogens with zero attached hydrogens (tertiary/aromatic N) is 3. The van der Waals surface area contributed by atoms with E-state index in [4.69, 9.17) is 14.4 Å². The average Bonchev–Trinajstić information content (AvgIpc) is 3.42. The van der Waals surface area contributed by atoms with Crippen LogP contribution >= 0.6 is 0 Å². The zero-order chi connectivity index (χ0) is 21.8. The molecule has 0 spiro atoms. The molecular weight excluding hydrogens is 413 g/mol. The lowest BCUT2D eigenvalue weighted by Crippen LogP contribution is -2.03. The molecule has 0 atom stereocenters. The quantitative estimate of drug-likeness (QED) is 0.473. The Morgan fingerprint density at radius 2 is 1.71 bits per heavy atom. The monoisotopic (exact) mass is 426 g/mol. The molecule has 4 aromatic rings. The first-order valence-corrected chi connectivity index (χ1v) is 8.87. The summed E-state index contributed by atoms with van der Waals surface area (Å²) in [7, 11) is 0. The van der Waals surface area contributed by atoms with Crippen molar-refractivity contribution < 1.29 is 27.5 Å². The van der Waals surface area contributed by atoms with Crippen molar-refractivity contribution in [1.29, 1.82) is 0 Å². The molecule has 0 radical (unpaired) electrons. The van der Waals surface area contributed by atoms with Gasteiger partial charge in [0, 0.05) is 11.8 Å². The van der Waals surface area contributed by atoms with E-state index in [-0.39, 0.29) is 18.2 Å². The minimum Gasteiger partial charge on any atom is -0.457 e. The van der Waals surface area contributed by atoms with Gasteiger partial charge in [0.2, 0.25) is 5.82 Å². The summed E-state index contributed by atoms with van der Waals surface area (Å²) >= 11 is 0. The van der Waals surface area contributed by atoms with E-state index in [1.165, 1.54) is 12.1 Å². The lowest BCUT2D eigenvalue weighted by atomic mass is 10.2. The highest BCUT2D eigenvalue weighted by Gasteiger charge is 2.30. The van der Waals surface area contributed by atoms with Gasteiger partial charge in [-0.1, -0.05) is 17.0 Å². The van der Waals surface area contributed by atoms with Gasteiger partial charge in [-0.2, -0.15) is 23.3 Å². The summed E-state index contributed by atoms with van der Waals surface area (Å²) in [5.74, 6) is 6.42. The Kier molecular flexibility index (Phi) is 5.43. The highest BCUT2D eigenvalue weighted by molar-refractivity contribution is 5.62. The second kappa shape index (κ2) is 8.33. The highest BCUT2D eigenvalue weighted by atomic mass is 19.4. The number of ether oxygens (including phenoxy) is 1. The maximum atomic E-state index is 12.6. The van der Waals surface area contributed by atoms with Gasteiger partial charge < -0.3 is 14.4 Å². The summed E-state index contributed by atoms with van der Waals surface area (Å²) in [6.07, 6.45) is -2.85. The molecular formula is C21H13F3N4O3. The first-order valence-electron chi connectivity index (χ1n) is 8.87. The normalized spacial score (nSPS) is 11.1. The summed E-state index contributed by atoms with van der Waals surface area (Å²) < 4.78 is 48.7. The van der Waals surface area contributed by atoms with E-state index in [1.54, 1.807) is 30.5 Å². The summed E-state index contributed by atoms with van der Waals surface area (Å²) in [5, 5.41) is 19.4. The van der Waals surface area contributed by atoms with Crippen molar-refractivity contribution >= 4 is 0 Å². The fourth-order valence-corrected chi connectivity index (χ4v) is 2.64. The number of aliphatic hydroxyl groups is 1. The molecule has 2 aromatic carbocycles. The first-order chi connectivity index (χ1) is 14.9. The van der Waals surface area contributed by atoms with Crippen molar-refractivity contribution in [3.8, 4) is 46.3 Å². The SMILES string of the molecule is OCC#Cc1c[nH]nc1-c1nc(-c2ccc(Oc3ccc(C(F)(F)F)cc3)cc2)no1. The number of aromatic nitrogens is 4. The van der Waals surface area contributed by atoms with Gasteiger partial charge in [-0.3, -0.25) is 5.10 Å². The molecule has 2 aromatic heterocycles. The van der Waals surface area contributed by atoms with E-state index in [1.807, 2.05) is 0 Å². The summed E-state index contributed by atoms with van der Waals surface area (Å²) in [6.45, 7) is -0.291. The van der Waals surface area contributed by atoms with Crippen LogP contribution in [0.15, 0.2) is 59.3 Å². The molecule has 0 aliphatic carbocycles. The van der Waals surface area contributed by atoms with Crippen molar-refractivity contribution in [3.63, 3.8) is 0 Å². The van der Waals surface area contributed by atoms with Crippen LogP contribution in [0, 0.1) is 11.8 Å². The van der Waals surface area contributed by atoms with E-state index in [2.05, 4.69) is 32.2 Å². The van der Waals surface area contributed by atoms with Crippen molar-refractivity contribution in [2.24, 2.45) is 0 Å². The Morgan fingerprint density at radius 3 is 2.35 bits per heavy atom. The van der Waals surface area contributed by atoms with Gasteiger partial charge in [-0.05, 0) is 48.5 Å². The first kappa shape index (κ1) is 20.2. The van der Waals surface area contributed by atoms with Crippen LogP contribution in [0.1, 0.15) is 11.1 Å². The van der Waals surface area contributed by atoms with E-state index in [0.29, 0.717) is 28.4 Å². The maximum absolute atomic E-state index is 12.6. The molecule has 2 heterocycles. The smallest absolute Gasteiger partial charge is 0.416 e. The molecule has 0 amide bonds. The van der Waals surface area contributed by atoms with Crippen molar-refractivity contribution in [2.45, 2.75) is 6.18 Å². The second-order valence-corrected chi connectivity index (χ2v) is 6.18. The fraction of sp³-hybridized carbons (Fsp3) is 0.0952. The van der Waals surface area contributed by atoms with Crippen LogP contribution in [0.5, 0.6) is 11.5 Å². The standard InChI is InChI=1S/C21H13F3N4O3/c22-21(23,24)15-5-9-17(10-6-15)30-16-7-3-13(4-8-16)19-26-20(31-28-19)18-14(2-1-11-29)12-25-27-18/h3-10,12,29H,11H2,(H,25,27). The van der Waals surface area contributed by atoms with Crippen LogP contribution in [-0.4, -0.2) is 32.1 Å². The molecule has 0 bridgehead atoms. The number of rotatable bonds is 4. The van der Waals surface area contributed by atoms with Crippen LogP contribution in [0.4, 0.5) is 13.2 Å². The van der Waals surface area contributed by atoms with Gasteiger partial charge in [0.15, 0.2) is 5.69 Å². The number of hydrogen-bond acceptors (Lipinski definition) is 6. The van der Waals surface area contributed by atoms with Crippen LogP contribution in [0.3, 0.4) is 0 Å².